The molecule has 2 heterocycles. The van der Waals surface area contributed by atoms with Crippen LogP contribution < -0.4 is 20.1 Å². The molecule has 0 saturated carbocycles. The Kier molecular flexibility index (Phi) is 4.33. The van der Waals surface area contributed by atoms with Crippen LogP contribution in [-0.2, 0) is 0 Å². The molecule has 1 aliphatic heterocycles. The van der Waals surface area contributed by atoms with E-state index in [9.17, 15) is 4.79 Å². The Labute approximate surface area is 156 Å². The number of carbonyl (C=O) groups excluding carboxylic acids is 1. The van der Waals surface area contributed by atoms with Crippen LogP contribution in [0, 0.1) is 13.8 Å². The summed E-state index contributed by atoms with van der Waals surface area (Å²) >= 11 is 0. The largest absolute Gasteiger partial charge is 0.454 e. The first kappa shape index (κ1) is 16.8. The highest BCUT2D eigenvalue weighted by Crippen LogP contribution is 2.34. The normalized spacial score (nSPS) is 11.9. The van der Waals surface area contributed by atoms with Crippen LogP contribution in [0.3, 0.4) is 0 Å². The number of fused-ring (bicyclic) bond motifs is 1. The lowest BCUT2D eigenvalue weighted by molar-refractivity contribution is 0.102. The predicted octanol–water partition coefficient (Wildman–Crippen LogP) is 3.82. The van der Waals surface area contributed by atoms with Crippen molar-refractivity contribution in [3.05, 3.63) is 65.5 Å². The Balaban J connectivity index is 1.54. The molecule has 0 atom stereocenters. The highest BCUT2D eigenvalue weighted by Gasteiger charge is 2.15. The van der Waals surface area contributed by atoms with Gasteiger partial charge in [0.1, 0.15) is 5.69 Å². The number of nitrogens with one attached hydrogen (secondary N) is 2. The molecule has 2 aromatic carbocycles. The van der Waals surface area contributed by atoms with E-state index in [1.54, 1.807) is 12.1 Å². The Morgan fingerprint density at radius 3 is 2.48 bits per heavy atom. The molecular formula is C20H18N4O3. The first-order valence-corrected chi connectivity index (χ1v) is 8.47. The minimum Gasteiger partial charge on any atom is -0.454 e. The molecule has 0 aliphatic carbocycles. The van der Waals surface area contributed by atoms with Crippen molar-refractivity contribution in [2.45, 2.75) is 13.8 Å². The second-order valence-electron chi connectivity index (χ2n) is 6.23. The van der Waals surface area contributed by atoms with Crippen molar-refractivity contribution in [2.24, 2.45) is 0 Å². The Morgan fingerprint density at radius 1 is 0.926 bits per heavy atom. The van der Waals surface area contributed by atoms with E-state index in [0.717, 1.165) is 11.3 Å². The summed E-state index contributed by atoms with van der Waals surface area (Å²) in [5.74, 6) is 1.40. The smallest absolute Gasteiger partial charge is 0.274 e. The van der Waals surface area contributed by atoms with E-state index in [4.69, 9.17) is 9.47 Å². The molecule has 4 rings (SSSR count). The molecule has 1 aliphatic rings. The molecule has 2 N–H and O–H groups in total. The standard InChI is InChI=1S/C20H18N4O3/c1-12-3-5-14(6-4-12)22-19(25)16-9-13(2)21-20(24-16)23-15-7-8-17-18(10-15)27-11-26-17/h3-10H,11H2,1-2H3,(H,22,25)(H,21,23,24). The summed E-state index contributed by atoms with van der Waals surface area (Å²) in [5.41, 5.74) is 3.55. The summed E-state index contributed by atoms with van der Waals surface area (Å²) in [5, 5.41) is 5.95. The van der Waals surface area contributed by atoms with E-state index in [-0.39, 0.29) is 18.4 Å². The van der Waals surface area contributed by atoms with Crippen molar-refractivity contribution in [1.29, 1.82) is 0 Å². The molecule has 7 heteroatoms. The number of aromatic nitrogens is 2. The van der Waals surface area contributed by atoms with Gasteiger partial charge in [-0.25, -0.2) is 9.97 Å². The summed E-state index contributed by atoms with van der Waals surface area (Å²) in [4.78, 5) is 21.2. The molecule has 136 valence electrons. The number of hydrogen-bond acceptors (Lipinski definition) is 6. The first-order chi connectivity index (χ1) is 13.1. The van der Waals surface area contributed by atoms with Gasteiger partial charge in [0, 0.05) is 23.1 Å². The Morgan fingerprint density at radius 2 is 1.67 bits per heavy atom. The maximum Gasteiger partial charge on any atom is 0.274 e. The zero-order chi connectivity index (χ0) is 18.8. The molecule has 3 aromatic rings. The van der Waals surface area contributed by atoms with Crippen LogP contribution in [0.2, 0.25) is 0 Å². The van der Waals surface area contributed by atoms with Crippen LogP contribution in [0.15, 0.2) is 48.5 Å². The van der Waals surface area contributed by atoms with E-state index < -0.39 is 0 Å². The molecule has 0 fully saturated rings. The van der Waals surface area contributed by atoms with E-state index in [1.165, 1.54) is 0 Å². The van der Waals surface area contributed by atoms with E-state index in [1.807, 2.05) is 50.2 Å². The fourth-order valence-corrected chi connectivity index (χ4v) is 2.68. The fourth-order valence-electron chi connectivity index (χ4n) is 2.68. The number of rotatable bonds is 4. The van der Waals surface area contributed by atoms with Gasteiger partial charge in [-0.2, -0.15) is 0 Å². The van der Waals surface area contributed by atoms with Crippen LogP contribution in [-0.4, -0.2) is 22.7 Å². The van der Waals surface area contributed by atoms with Crippen LogP contribution in [0.4, 0.5) is 17.3 Å². The summed E-state index contributed by atoms with van der Waals surface area (Å²) in [6, 6.07) is 14.7. The number of aryl methyl sites for hydroxylation is 2. The SMILES string of the molecule is Cc1ccc(NC(=O)c2cc(C)nc(Nc3ccc4c(c3)OCO4)n2)cc1. The molecule has 0 spiro atoms. The van der Waals surface area contributed by atoms with E-state index >= 15 is 0 Å². The second-order valence-corrected chi connectivity index (χ2v) is 6.23. The molecule has 7 nitrogen and oxygen atoms in total. The molecule has 0 bridgehead atoms. The number of hydrogen-bond donors (Lipinski definition) is 2. The van der Waals surface area contributed by atoms with Crippen LogP contribution in [0.1, 0.15) is 21.7 Å². The maximum absolute atomic E-state index is 12.5. The van der Waals surface area contributed by atoms with Crippen molar-refractivity contribution in [3.8, 4) is 11.5 Å². The molecular weight excluding hydrogens is 344 g/mol. The van der Waals surface area contributed by atoms with Crippen LogP contribution in [0.5, 0.6) is 11.5 Å². The number of anilines is 3. The predicted molar refractivity (Wildman–Crippen MR) is 102 cm³/mol. The Bertz CT molecular complexity index is 1000. The average Bonchev–Trinajstić information content (AvgIpc) is 3.11. The lowest BCUT2D eigenvalue weighted by Crippen LogP contribution is -2.15. The van der Waals surface area contributed by atoms with Gasteiger partial charge >= 0.3 is 0 Å². The number of benzene rings is 2. The van der Waals surface area contributed by atoms with Gasteiger partial charge in [0.25, 0.3) is 5.91 Å². The van der Waals surface area contributed by atoms with Gasteiger partial charge in [-0.1, -0.05) is 17.7 Å². The topological polar surface area (TPSA) is 85.4 Å². The zero-order valence-electron chi connectivity index (χ0n) is 14.9. The molecule has 1 aromatic heterocycles. The third-order valence-corrected chi connectivity index (χ3v) is 4.02. The lowest BCUT2D eigenvalue weighted by atomic mass is 10.2. The molecule has 0 unspecified atom stereocenters. The van der Waals surface area contributed by atoms with E-state index in [0.29, 0.717) is 28.8 Å². The lowest BCUT2D eigenvalue weighted by Gasteiger charge is -2.09. The molecule has 1 amide bonds. The summed E-state index contributed by atoms with van der Waals surface area (Å²) < 4.78 is 10.7. The van der Waals surface area contributed by atoms with Gasteiger partial charge < -0.3 is 20.1 Å². The molecule has 0 radical (unpaired) electrons. The first-order valence-electron chi connectivity index (χ1n) is 8.47. The third kappa shape index (κ3) is 3.82. The van der Waals surface area contributed by atoms with Gasteiger partial charge in [-0.3, -0.25) is 4.79 Å². The van der Waals surface area contributed by atoms with Crippen molar-refractivity contribution in [1.82, 2.24) is 9.97 Å². The van der Waals surface area contributed by atoms with Gasteiger partial charge in [0.05, 0.1) is 0 Å². The van der Waals surface area contributed by atoms with Crippen molar-refractivity contribution in [3.63, 3.8) is 0 Å². The van der Waals surface area contributed by atoms with Crippen molar-refractivity contribution >= 4 is 23.2 Å². The van der Waals surface area contributed by atoms with Crippen LogP contribution >= 0.6 is 0 Å². The highest BCUT2D eigenvalue weighted by molar-refractivity contribution is 6.03. The number of carbonyl (C=O) groups is 1. The number of ether oxygens (including phenoxy) is 2. The fraction of sp³-hybridized carbons (Fsp3) is 0.150. The minimum absolute atomic E-state index is 0.211. The minimum atomic E-state index is -0.293. The van der Waals surface area contributed by atoms with Crippen molar-refractivity contribution < 1.29 is 14.3 Å². The van der Waals surface area contributed by atoms with Crippen LogP contribution in [0.25, 0.3) is 0 Å². The molecule has 27 heavy (non-hydrogen) atoms. The highest BCUT2D eigenvalue weighted by atomic mass is 16.7. The summed E-state index contributed by atoms with van der Waals surface area (Å²) in [7, 11) is 0. The number of amides is 1. The molecule has 0 saturated heterocycles. The van der Waals surface area contributed by atoms with E-state index in [2.05, 4.69) is 20.6 Å². The number of nitrogens with zero attached hydrogens (tertiary/aromatic N) is 2. The zero-order valence-corrected chi connectivity index (χ0v) is 14.9. The third-order valence-electron chi connectivity index (χ3n) is 4.02. The van der Waals surface area contributed by atoms with Gasteiger partial charge in [0.15, 0.2) is 11.5 Å². The van der Waals surface area contributed by atoms with Crippen molar-refractivity contribution in [2.75, 3.05) is 17.4 Å². The summed E-state index contributed by atoms with van der Waals surface area (Å²) in [6.07, 6.45) is 0. The second kappa shape index (κ2) is 6.95. The van der Waals surface area contributed by atoms with Gasteiger partial charge in [-0.15, -0.1) is 0 Å². The maximum atomic E-state index is 12.5. The Hall–Kier alpha value is -3.61. The quantitative estimate of drug-likeness (QED) is 0.734. The van der Waals surface area contributed by atoms with Gasteiger partial charge in [-0.05, 0) is 44.2 Å². The summed E-state index contributed by atoms with van der Waals surface area (Å²) in [6.45, 7) is 4.02. The average molecular weight is 362 g/mol. The van der Waals surface area contributed by atoms with Gasteiger partial charge in [0.2, 0.25) is 12.7 Å². The monoisotopic (exact) mass is 362 g/mol.